The second kappa shape index (κ2) is 6.80. The molecule has 2 aromatic carbocycles. The molecule has 6 heteroatoms. The molecule has 5 nitrogen and oxygen atoms in total. The third kappa shape index (κ3) is 3.28. The fraction of sp³-hybridized carbons (Fsp3) is 0.200. The Morgan fingerprint density at radius 1 is 1.31 bits per heavy atom. The highest BCUT2D eigenvalue weighted by Gasteiger charge is 2.23. The summed E-state index contributed by atoms with van der Waals surface area (Å²) < 4.78 is 11.9. The molecule has 0 radical (unpaired) electrons. The van der Waals surface area contributed by atoms with Gasteiger partial charge in [-0.05, 0) is 54.7 Å². The summed E-state index contributed by atoms with van der Waals surface area (Å²) in [6, 6.07) is 14.0. The highest BCUT2D eigenvalue weighted by Crippen LogP contribution is 2.38. The molecule has 1 unspecified atom stereocenters. The van der Waals surface area contributed by atoms with Crippen LogP contribution in [0.25, 0.3) is 0 Å². The van der Waals surface area contributed by atoms with Gasteiger partial charge < -0.3 is 14.6 Å². The Morgan fingerprint density at radius 2 is 2.15 bits per heavy atom. The van der Waals surface area contributed by atoms with E-state index in [1.807, 2.05) is 30.3 Å². The van der Waals surface area contributed by atoms with E-state index in [-0.39, 0.29) is 11.0 Å². The maximum absolute atomic E-state index is 10.9. The SMILES string of the molecule is Cc1ccccc1C1CCc2cc(Oc3ncc(C(=O)O)s3)ccc2O1. The van der Waals surface area contributed by atoms with E-state index < -0.39 is 5.97 Å². The smallest absolute Gasteiger partial charge is 0.347 e. The first kappa shape index (κ1) is 16.6. The van der Waals surface area contributed by atoms with Crippen molar-refractivity contribution in [2.75, 3.05) is 0 Å². The number of ether oxygens (including phenoxy) is 2. The normalized spacial score (nSPS) is 15.8. The van der Waals surface area contributed by atoms with E-state index in [0.29, 0.717) is 10.9 Å². The van der Waals surface area contributed by atoms with Gasteiger partial charge in [0.25, 0.3) is 5.19 Å². The fourth-order valence-corrected chi connectivity index (χ4v) is 3.72. The number of carboxylic acid groups (broad SMARTS) is 1. The molecule has 26 heavy (non-hydrogen) atoms. The summed E-state index contributed by atoms with van der Waals surface area (Å²) >= 11 is 1.01. The van der Waals surface area contributed by atoms with Crippen LogP contribution < -0.4 is 9.47 Å². The number of aromatic carboxylic acids is 1. The first-order chi connectivity index (χ1) is 12.6. The number of aryl methyl sites for hydroxylation is 2. The molecule has 132 valence electrons. The van der Waals surface area contributed by atoms with Gasteiger partial charge in [0.2, 0.25) is 0 Å². The Morgan fingerprint density at radius 3 is 2.92 bits per heavy atom. The molecule has 0 bridgehead atoms. The van der Waals surface area contributed by atoms with Crippen molar-refractivity contribution in [3.63, 3.8) is 0 Å². The minimum atomic E-state index is -1.00. The zero-order valence-electron chi connectivity index (χ0n) is 14.1. The van der Waals surface area contributed by atoms with Gasteiger partial charge in [-0.25, -0.2) is 9.78 Å². The van der Waals surface area contributed by atoms with Crippen LogP contribution in [0.2, 0.25) is 0 Å². The number of benzene rings is 2. The van der Waals surface area contributed by atoms with Crippen LogP contribution in [-0.4, -0.2) is 16.1 Å². The predicted octanol–water partition coefficient (Wildman–Crippen LogP) is 5.01. The molecule has 1 N–H and O–H groups in total. The van der Waals surface area contributed by atoms with Gasteiger partial charge in [0, 0.05) is 0 Å². The topological polar surface area (TPSA) is 68.7 Å². The summed E-state index contributed by atoms with van der Waals surface area (Å²) in [5.74, 6) is 0.494. The van der Waals surface area contributed by atoms with Gasteiger partial charge in [-0.2, -0.15) is 0 Å². The van der Waals surface area contributed by atoms with E-state index in [1.165, 1.54) is 17.3 Å². The van der Waals surface area contributed by atoms with Crippen molar-refractivity contribution in [1.29, 1.82) is 0 Å². The summed E-state index contributed by atoms with van der Waals surface area (Å²) in [6.07, 6.45) is 3.16. The predicted molar refractivity (Wildman–Crippen MR) is 98.5 cm³/mol. The third-order valence-electron chi connectivity index (χ3n) is 4.41. The Bertz CT molecular complexity index is 966. The van der Waals surface area contributed by atoms with Crippen LogP contribution in [0, 0.1) is 6.92 Å². The Hall–Kier alpha value is -2.86. The van der Waals surface area contributed by atoms with Crippen LogP contribution in [-0.2, 0) is 6.42 Å². The number of hydrogen-bond acceptors (Lipinski definition) is 5. The van der Waals surface area contributed by atoms with E-state index in [4.69, 9.17) is 14.6 Å². The number of hydrogen-bond donors (Lipinski definition) is 1. The number of fused-ring (bicyclic) bond motifs is 1. The van der Waals surface area contributed by atoms with E-state index in [9.17, 15) is 4.79 Å². The van der Waals surface area contributed by atoms with Crippen molar-refractivity contribution in [2.24, 2.45) is 0 Å². The number of carbonyl (C=O) groups is 1. The second-order valence-electron chi connectivity index (χ2n) is 6.17. The third-order valence-corrected chi connectivity index (χ3v) is 5.28. The first-order valence-corrected chi connectivity index (χ1v) is 9.14. The van der Waals surface area contributed by atoms with Crippen LogP contribution in [0.15, 0.2) is 48.7 Å². The fourth-order valence-electron chi connectivity index (χ4n) is 3.10. The van der Waals surface area contributed by atoms with Gasteiger partial charge >= 0.3 is 5.97 Å². The second-order valence-corrected chi connectivity index (χ2v) is 7.16. The van der Waals surface area contributed by atoms with Crippen molar-refractivity contribution in [2.45, 2.75) is 25.9 Å². The molecular weight excluding hydrogens is 350 g/mol. The minimum absolute atomic E-state index is 0.0626. The Labute approximate surface area is 154 Å². The van der Waals surface area contributed by atoms with Gasteiger partial charge in [0.05, 0.1) is 6.20 Å². The number of nitrogens with zero attached hydrogens (tertiary/aromatic N) is 1. The highest BCUT2D eigenvalue weighted by molar-refractivity contribution is 7.15. The molecule has 0 spiro atoms. The molecule has 0 aliphatic carbocycles. The van der Waals surface area contributed by atoms with Crippen LogP contribution in [0.3, 0.4) is 0 Å². The lowest BCUT2D eigenvalue weighted by Gasteiger charge is -2.27. The van der Waals surface area contributed by atoms with E-state index in [0.717, 1.165) is 35.5 Å². The van der Waals surface area contributed by atoms with Crippen molar-refractivity contribution >= 4 is 17.3 Å². The van der Waals surface area contributed by atoms with Gasteiger partial charge in [-0.15, -0.1) is 0 Å². The van der Waals surface area contributed by atoms with Crippen molar-refractivity contribution in [3.8, 4) is 16.7 Å². The van der Waals surface area contributed by atoms with Gasteiger partial charge in [0.1, 0.15) is 22.5 Å². The molecule has 0 saturated carbocycles. The Kier molecular flexibility index (Phi) is 4.34. The summed E-state index contributed by atoms with van der Waals surface area (Å²) in [5.41, 5.74) is 3.55. The van der Waals surface area contributed by atoms with Crippen LogP contribution in [0.1, 0.15) is 38.9 Å². The van der Waals surface area contributed by atoms with Gasteiger partial charge in [0.15, 0.2) is 0 Å². The molecule has 1 atom stereocenters. The molecule has 3 aromatic rings. The quantitative estimate of drug-likeness (QED) is 0.702. The summed E-state index contributed by atoms with van der Waals surface area (Å²) in [6.45, 7) is 2.10. The standard InChI is InChI=1S/C20H17NO4S/c1-12-4-2-3-5-15(12)17-8-6-13-10-14(7-9-16(13)25-17)24-20-21-11-18(26-20)19(22)23/h2-5,7,9-11,17H,6,8H2,1H3,(H,22,23). The lowest BCUT2D eigenvalue weighted by molar-refractivity contribution is 0.0702. The molecule has 0 saturated heterocycles. The molecule has 2 heterocycles. The zero-order chi connectivity index (χ0) is 18.1. The van der Waals surface area contributed by atoms with Crippen LogP contribution in [0.4, 0.5) is 0 Å². The first-order valence-electron chi connectivity index (χ1n) is 8.32. The van der Waals surface area contributed by atoms with E-state index in [1.54, 1.807) is 0 Å². The minimum Gasteiger partial charge on any atom is -0.485 e. The van der Waals surface area contributed by atoms with Crippen LogP contribution in [0.5, 0.6) is 16.7 Å². The number of rotatable bonds is 4. The molecule has 1 aliphatic rings. The van der Waals surface area contributed by atoms with Crippen molar-refractivity contribution in [1.82, 2.24) is 4.98 Å². The largest absolute Gasteiger partial charge is 0.485 e. The monoisotopic (exact) mass is 367 g/mol. The number of thiazole rings is 1. The molecule has 0 amide bonds. The highest BCUT2D eigenvalue weighted by atomic mass is 32.1. The molecular formula is C20H17NO4S. The van der Waals surface area contributed by atoms with Crippen molar-refractivity contribution < 1.29 is 19.4 Å². The lowest BCUT2D eigenvalue weighted by Crippen LogP contribution is -2.16. The van der Waals surface area contributed by atoms with E-state index in [2.05, 4.69) is 24.0 Å². The average molecular weight is 367 g/mol. The van der Waals surface area contributed by atoms with Crippen LogP contribution >= 0.6 is 11.3 Å². The van der Waals surface area contributed by atoms with Crippen molar-refractivity contribution in [3.05, 3.63) is 70.2 Å². The zero-order valence-corrected chi connectivity index (χ0v) is 15.0. The summed E-state index contributed by atoms with van der Waals surface area (Å²) in [7, 11) is 0. The molecule has 1 aliphatic heterocycles. The lowest BCUT2D eigenvalue weighted by atomic mass is 9.95. The van der Waals surface area contributed by atoms with E-state index >= 15 is 0 Å². The maximum atomic E-state index is 10.9. The molecule has 1 aromatic heterocycles. The number of carboxylic acids is 1. The average Bonchev–Trinajstić information content (AvgIpc) is 3.10. The summed E-state index contributed by atoms with van der Waals surface area (Å²) in [5, 5.41) is 9.28. The molecule has 0 fully saturated rings. The Balaban J connectivity index is 1.51. The van der Waals surface area contributed by atoms with Gasteiger partial charge in [-0.1, -0.05) is 35.6 Å². The van der Waals surface area contributed by atoms with Gasteiger partial charge in [-0.3, -0.25) is 0 Å². The summed E-state index contributed by atoms with van der Waals surface area (Å²) in [4.78, 5) is 15.1. The number of aromatic nitrogens is 1. The maximum Gasteiger partial charge on any atom is 0.347 e. The molecule has 4 rings (SSSR count).